The maximum Gasteiger partial charge on any atom is 0.221 e. The summed E-state index contributed by atoms with van der Waals surface area (Å²) in [7, 11) is 0. The minimum Gasteiger partial charge on any atom is -0.360 e. The highest BCUT2D eigenvalue weighted by Gasteiger charge is 2.11. The molecule has 5 nitrogen and oxygen atoms in total. The van der Waals surface area contributed by atoms with E-state index in [9.17, 15) is 4.79 Å². The minimum atomic E-state index is -0.0930. The predicted molar refractivity (Wildman–Crippen MR) is 77.7 cm³/mol. The van der Waals surface area contributed by atoms with Crippen LogP contribution in [0, 0.1) is 0 Å². The van der Waals surface area contributed by atoms with Crippen molar-refractivity contribution in [2.75, 3.05) is 10.6 Å². The standard InChI is InChI=1S/C12H13ClN4OS/c1-7(14-12-11(13)16-19-17-12)9-4-3-5-10(6-9)15-8(2)18/h3-7H,1-2H3,(H,14,17)(H,15,18). The van der Waals surface area contributed by atoms with Gasteiger partial charge in [0.2, 0.25) is 5.91 Å². The first kappa shape index (κ1) is 13.8. The van der Waals surface area contributed by atoms with E-state index >= 15 is 0 Å². The van der Waals surface area contributed by atoms with Gasteiger partial charge in [-0.3, -0.25) is 4.79 Å². The van der Waals surface area contributed by atoms with Crippen LogP contribution in [-0.2, 0) is 4.79 Å². The maximum atomic E-state index is 11.0. The largest absolute Gasteiger partial charge is 0.360 e. The molecule has 0 aliphatic carbocycles. The molecule has 0 aliphatic heterocycles. The molecule has 1 heterocycles. The van der Waals surface area contributed by atoms with E-state index in [0.29, 0.717) is 11.0 Å². The summed E-state index contributed by atoms with van der Waals surface area (Å²) in [4.78, 5) is 11.0. The molecule has 2 rings (SSSR count). The number of rotatable bonds is 4. The number of amides is 1. The number of carbonyl (C=O) groups is 1. The molecule has 1 atom stereocenters. The van der Waals surface area contributed by atoms with Crippen molar-refractivity contribution in [3.8, 4) is 0 Å². The smallest absolute Gasteiger partial charge is 0.221 e. The van der Waals surface area contributed by atoms with Gasteiger partial charge in [-0.2, -0.15) is 8.75 Å². The molecular formula is C12H13ClN4OS. The Morgan fingerprint density at radius 2 is 2.21 bits per heavy atom. The van der Waals surface area contributed by atoms with Crippen molar-refractivity contribution < 1.29 is 4.79 Å². The van der Waals surface area contributed by atoms with Gasteiger partial charge < -0.3 is 10.6 Å². The lowest BCUT2D eigenvalue weighted by atomic mass is 10.1. The van der Waals surface area contributed by atoms with Crippen LogP contribution >= 0.6 is 23.3 Å². The number of hydrogen-bond acceptors (Lipinski definition) is 5. The zero-order chi connectivity index (χ0) is 13.8. The van der Waals surface area contributed by atoms with Gasteiger partial charge in [-0.1, -0.05) is 23.7 Å². The molecule has 1 unspecified atom stereocenters. The lowest BCUT2D eigenvalue weighted by molar-refractivity contribution is -0.114. The van der Waals surface area contributed by atoms with E-state index in [1.807, 2.05) is 31.2 Å². The van der Waals surface area contributed by atoms with Gasteiger partial charge in [0.05, 0.1) is 17.8 Å². The number of carbonyl (C=O) groups excluding carboxylic acids is 1. The molecule has 0 saturated heterocycles. The highest BCUT2D eigenvalue weighted by molar-refractivity contribution is 6.99. The van der Waals surface area contributed by atoms with E-state index in [1.165, 1.54) is 6.92 Å². The summed E-state index contributed by atoms with van der Waals surface area (Å²) in [6, 6.07) is 7.62. The Hall–Kier alpha value is -1.66. The number of nitrogens with one attached hydrogen (secondary N) is 2. The number of benzene rings is 1. The Morgan fingerprint density at radius 3 is 2.84 bits per heavy atom. The first-order valence-electron chi connectivity index (χ1n) is 5.68. The molecule has 0 bridgehead atoms. The fourth-order valence-electron chi connectivity index (χ4n) is 1.64. The Morgan fingerprint density at radius 1 is 1.42 bits per heavy atom. The molecule has 0 radical (unpaired) electrons. The summed E-state index contributed by atoms with van der Waals surface area (Å²) in [6.07, 6.45) is 0. The van der Waals surface area contributed by atoms with Gasteiger partial charge in [-0.25, -0.2) is 0 Å². The zero-order valence-electron chi connectivity index (χ0n) is 10.5. The van der Waals surface area contributed by atoms with E-state index in [0.717, 1.165) is 23.0 Å². The summed E-state index contributed by atoms with van der Waals surface area (Å²) in [5.41, 5.74) is 1.79. The molecule has 1 amide bonds. The van der Waals surface area contributed by atoms with Crippen molar-refractivity contribution in [1.29, 1.82) is 0 Å². The second-order valence-electron chi connectivity index (χ2n) is 4.08. The monoisotopic (exact) mass is 296 g/mol. The summed E-state index contributed by atoms with van der Waals surface area (Å²) in [6.45, 7) is 3.47. The number of nitrogens with zero attached hydrogens (tertiary/aromatic N) is 2. The Bertz CT molecular complexity index is 587. The fourth-order valence-corrected chi connectivity index (χ4v) is 2.30. The average Bonchev–Trinajstić information content (AvgIpc) is 2.74. The third-order valence-corrected chi connectivity index (χ3v) is 3.40. The molecule has 0 spiro atoms. The fraction of sp³-hybridized carbons (Fsp3) is 0.250. The molecule has 1 aromatic carbocycles. The van der Waals surface area contributed by atoms with Gasteiger partial charge in [0.25, 0.3) is 0 Å². The van der Waals surface area contributed by atoms with E-state index in [4.69, 9.17) is 11.6 Å². The lowest BCUT2D eigenvalue weighted by Gasteiger charge is -2.14. The number of aromatic nitrogens is 2. The molecular weight excluding hydrogens is 284 g/mol. The molecule has 2 N–H and O–H groups in total. The third-order valence-electron chi connectivity index (χ3n) is 2.51. The summed E-state index contributed by atoms with van der Waals surface area (Å²) < 4.78 is 7.97. The van der Waals surface area contributed by atoms with Crippen LogP contribution in [0.1, 0.15) is 25.5 Å². The first-order chi connectivity index (χ1) is 9.06. The van der Waals surface area contributed by atoms with Crippen LogP contribution in [0.25, 0.3) is 0 Å². The highest BCUT2D eigenvalue weighted by Crippen LogP contribution is 2.25. The molecule has 100 valence electrons. The van der Waals surface area contributed by atoms with Crippen LogP contribution in [0.5, 0.6) is 0 Å². The molecule has 0 saturated carbocycles. The van der Waals surface area contributed by atoms with Gasteiger partial charge in [-0.05, 0) is 24.6 Å². The van der Waals surface area contributed by atoms with E-state index < -0.39 is 0 Å². The third kappa shape index (κ3) is 3.65. The Kier molecular flexibility index (Phi) is 4.34. The van der Waals surface area contributed by atoms with Crippen LogP contribution in [0.3, 0.4) is 0 Å². The van der Waals surface area contributed by atoms with Crippen molar-refractivity contribution in [3.63, 3.8) is 0 Å². The maximum absolute atomic E-state index is 11.0. The van der Waals surface area contributed by atoms with Gasteiger partial charge in [-0.15, -0.1) is 0 Å². The first-order valence-corrected chi connectivity index (χ1v) is 6.79. The van der Waals surface area contributed by atoms with Crippen molar-refractivity contribution in [3.05, 3.63) is 35.0 Å². The molecule has 1 aromatic heterocycles. The highest BCUT2D eigenvalue weighted by atomic mass is 35.5. The molecule has 19 heavy (non-hydrogen) atoms. The van der Waals surface area contributed by atoms with E-state index in [1.54, 1.807) is 0 Å². The Balaban J connectivity index is 2.12. The minimum absolute atomic E-state index is 0.00936. The summed E-state index contributed by atoms with van der Waals surface area (Å²) in [5.74, 6) is 0.480. The topological polar surface area (TPSA) is 66.9 Å². The second-order valence-corrected chi connectivity index (χ2v) is 4.96. The van der Waals surface area contributed by atoms with Gasteiger partial charge >= 0.3 is 0 Å². The zero-order valence-corrected chi connectivity index (χ0v) is 12.0. The molecule has 0 fully saturated rings. The van der Waals surface area contributed by atoms with Crippen LogP contribution in [0.2, 0.25) is 5.15 Å². The van der Waals surface area contributed by atoms with Crippen molar-refractivity contribution >= 4 is 40.7 Å². The average molecular weight is 297 g/mol. The molecule has 0 aliphatic rings. The van der Waals surface area contributed by atoms with Gasteiger partial charge in [0.1, 0.15) is 0 Å². The normalized spacial score (nSPS) is 11.9. The SMILES string of the molecule is CC(=O)Nc1cccc(C(C)Nc2nsnc2Cl)c1. The van der Waals surface area contributed by atoms with Crippen LogP contribution < -0.4 is 10.6 Å². The Labute approximate surface area is 120 Å². The summed E-state index contributed by atoms with van der Waals surface area (Å²) >= 11 is 6.95. The quantitative estimate of drug-likeness (QED) is 0.908. The molecule has 7 heteroatoms. The van der Waals surface area contributed by atoms with E-state index in [2.05, 4.69) is 19.4 Å². The second kappa shape index (κ2) is 5.99. The van der Waals surface area contributed by atoms with Crippen LogP contribution in [0.15, 0.2) is 24.3 Å². The molecule has 2 aromatic rings. The lowest BCUT2D eigenvalue weighted by Crippen LogP contribution is -2.09. The number of hydrogen-bond donors (Lipinski definition) is 2. The van der Waals surface area contributed by atoms with Gasteiger partial charge in [0.15, 0.2) is 11.0 Å². The number of halogens is 1. The van der Waals surface area contributed by atoms with Gasteiger partial charge in [0, 0.05) is 12.6 Å². The van der Waals surface area contributed by atoms with Crippen LogP contribution in [0.4, 0.5) is 11.5 Å². The summed E-state index contributed by atoms with van der Waals surface area (Å²) in [5, 5.41) is 6.30. The van der Waals surface area contributed by atoms with Crippen molar-refractivity contribution in [2.45, 2.75) is 19.9 Å². The van der Waals surface area contributed by atoms with Crippen LogP contribution in [-0.4, -0.2) is 14.7 Å². The number of anilines is 2. The van der Waals surface area contributed by atoms with Crippen molar-refractivity contribution in [1.82, 2.24) is 8.75 Å². The van der Waals surface area contributed by atoms with E-state index in [-0.39, 0.29) is 11.9 Å². The predicted octanol–water partition coefficient (Wildman–Crippen LogP) is 3.32. The van der Waals surface area contributed by atoms with Crippen molar-refractivity contribution in [2.24, 2.45) is 0 Å².